The summed E-state index contributed by atoms with van der Waals surface area (Å²) < 4.78 is 0. The number of nitrogens with zero attached hydrogens (tertiary/aromatic N) is 1. The summed E-state index contributed by atoms with van der Waals surface area (Å²) >= 11 is 1.46. The first-order chi connectivity index (χ1) is 10.7. The first-order valence-electron chi connectivity index (χ1n) is 7.09. The Balaban J connectivity index is 0.00000192. The van der Waals surface area contributed by atoms with Crippen LogP contribution in [-0.4, -0.2) is 17.4 Å². The van der Waals surface area contributed by atoms with E-state index < -0.39 is 0 Å². The number of hydrogen-bond acceptors (Lipinski definition) is 4. The molecule has 0 saturated heterocycles. The molecule has 1 aromatic heterocycles. The zero-order valence-corrected chi connectivity index (χ0v) is 14.3. The van der Waals surface area contributed by atoms with E-state index in [-0.39, 0.29) is 24.4 Å². The summed E-state index contributed by atoms with van der Waals surface area (Å²) in [5, 5.41) is 7.90. The van der Waals surface area contributed by atoms with Crippen molar-refractivity contribution in [2.75, 3.05) is 6.54 Å². The van der Waals surface area contributed by atoms with Crippen molar-refractivity contribution in [3.8, 4) is 0 Å². The molecule has 3 N–H and O–H groups in total. The van der Waals surface area contributed by atoms with Gasteiger partial charge in [0.05, 0.1) is 11.0 Å². The molecule has 0 bridgehead atoms. The molecule has 120 valence electrons. The van der Waals surface area contributed by atoms with Crippen LogP contribution in [0.15, 0.2) is 47.8 Å². The van der Waals surface area contributed by atoms with Crippen LogP contribution >= 0.6 is 23.7 Å². The standard InChI is InChI=1S/C17H17N3OS.ClH/c1-11-19-16(10-22-11)17(21)20-15(9-18)14-7-6-12-4-2-3-5-13(12)8-14;/h2-8,10,15H,9,18H2,1H3,(H,20,21);1H. The van der Waals surface area contributed by atoms with Crippen molar-refractivity contribution >= 4 is 40.4 Å². The Morgan fingerprint density at radius 2 is 2.00 bits per heavy atom. The fraction of sp³-hybridized carbons (Fsp3) is 0.176. The molecule has 1 amide bonds. The second kappa shape index (κ2) is 7.55. The van der Waals surface area contributed by atoms with Gasteiger partial charge in [-0.1, -0.05) is 36.4 Å². The van der Waals surface area contributed by atoms with E-state index in [1.54, 1.807) is 5.38 Å². The zero-order chi connectivity index (χ0) is 15.5. The molecule has 3 aromatic rings. The number of nitrogens with two attached hydrogens (primary N) is 1. The highest BCUT2D eigenvalue weighted by atomic mass is 35.5. The lowest BCUT2D eigenvalue weighted by molar-refractivity contribution is 0.0933. The van der Waals surface area contributed by atoms with Crippen LogP contribution in [0.4, 0.5) is 0 Å². The highest BCUT2D eigenvalue weighted by molar-refractivity contribution is 7.09. The molecule has 6 heteroatoms. The maximum atomic E-state index is 12.2. The fourth-order valence-corrected chi connectivity index (χ4v) is 3.00. The molecule has 0 aliphatic carbocycles. The molecular weight excluding hydrogens is 330 g/mol. The van der Waals surface area contributed by atoms with Gasteiger partial charge in [-0.3, -0.25) is 4.79 Å². The van der Waals surface area contributed by atoms with Crippen LogP contribution in [0.2, 0.25) is 0 Å². The Bertz CT molecular complexity index is 818. The van der Waals surface area contributed by atoms with Crippen molar-refractivity contribution in [2.45, 2.75) is 13.0 Å². The molecule has 4 nitrogen and oxygen atoms in total. The summed E-state index contributed by atoms with van der Waals surface area (Å²) in [6, 6.07) is 14.0. The van der Waals surface area contributed by atoms with E-state index in [9.17, 15) is 4.79 Å². The third-order valence-electron chi connectivity index (χ3n) is 3.57. The Hall–Kier alpha value is -1.95. The second-order valence-corrected chi connectivity index (χ2v) is 6.18. The summed E-state index contributed by atoms with van der Waals surface area (Å²) in [7, 11) is 0. The number of thiazole rings is 1. The molecule has 0 aliphatic heterocycles. The Labute approximate surface area is 145 Å². The smallest absolute Gasteiger partial charge is 0.271 e. The normalized spacial score (nSPS) is 11.7. The maximum absolute atomic E-state index is 12.2. The zero-order valence-electron chi connectivity index (χ0n) is 12.7. The number of amides is 1. The lowest BCUT2D eigenvalue weighted by atomic mass is 10.0. The fourth-order valence-electron chi connectivity index (χ4n) is 2.40. The van der Waals surface area contributed by atoms with Crippen LogP contribution in [0, 0.1) is 6.92 Å². The lowest BCUT2D eigenvalue weighted by Crippen LogP contribution is -2.33. The first kappa shape index (κ1) is 17.4. The van der Waals surface area contributed by atoms with Crippen molar-refractivity contribution in [3.63, 3.8) is 0 Å². The van der Waals surface area contributed by atoms with Crippen LogP contribution in [0.25, 0.3) is 10.8 Å². The SMILES string of the molecule is Cc1nc(C(=O)NC(CN)c2ccc3ccccc3c2)cs1.Cl. The number of hydrogen-bond donors (Lipinski definition) is 2. The molecule has 3 rings (SSSR count). The summed E-state index contributed by atoms with van der Waals surface area (Å²) in [4.78, 5) is 16.4. The minimum atomic E-state index is -0.223. The van der Waals surface area contributed by atoms with E-state index >= 15 is 0 Å². The summed E-state index contributed by atoms with van der Waals surface area (Å²) in [6.07, 6.45) is 0. The van der Waals surface area contributed by atoms with E-state index in [4.69, 9.17) is 5.73 Å². The number of rotatable bonds is 4. The summed E-state index contributed by atoms with van der Waals surface area (Å²) in [6.45, 7) is 2.22. The largest absolute Gasteiger partial charge is 0.343 e. The van der Waals surface area contributed by atoms with E-state index in [0.717, 1.165) is 16.0 Å². The average molecular weight is 348 g/mol. The number of carbonyl (C=O) groups excluding carboxylic acids is 1. The minimum absolute atomic E-state index is 0. The monoisotopic (exact) mass is 347 g/mol. The highest BCUT2D eigenvalue weighted by Crippen LogP contribution is 2.20. The third-order valence-corrected chi connectivity index (χ3v) is 4.34. The van der Waals surface area contributed by atoms with E-state index in [2.05, 4.69) is 28.5 Å². The molecule has 23 heavy (non-hydrogen) atoms. The first-order valence-corrected chi connectivity index (χ1v) is 7.97. The minimum Gasteiger partial charge on any atom is -0.343 e. The third kappa shape index (κ3) is 3.88. The molecular formula is C17H18ClN3OS. The molecule has 0 saturated carbocycles. The number of halogens is 1. The topological polar surface area (TPSA) is 68.0 Å². The Kier molecular flexibility index (Phi) is 5.71. The molecule has 1 heterocycles. The van der Waals surface area contributed by atoms with Gasteiger partial charge in [-0.25, -0.2) is 4.98 Å². The molecule has 2 aromatic carbocycles. The Morgan fingerprint density at radius 1 is 1.26 bits per heavy atom. The average Bonchev–Trinajstić information content (AvgIpc) is 2.98. The van der Waals surface area contributed by atoms with E-state index in [0.29, 0.717) is 12.2 Å². The molecule has 0 radical (unpaired) electrons. The van der Waals surface area contributed by atoms with Gasteiger partial charge in [0.1, 0.15) is 5.69 Å². The van der Waals surface area contributed by atoms with Gasteiger partial charge >= 0.3 is 0 Å². The number of aromatic nitrogens is 1. The van der Waals surface area contributed by atoms with Crippen molar-refractivity contribution in [1.82, 2.24) is 10.3 Å². The van der Waals surface area contributed by atoms with Crippen molar-refractivity contribution in [3.05, 3.63) is 64.1 Å². The molecule has 1 atom stereocenters. The van der Waals surface area contributed by atoms with Crippen LogP contribution < -0.4 is 11.1 Å². The van der Waals surface area contributed by atoms with Crippen LogP contribution in [0.1, 0.15) is 27.1 Å². The van der Waals surface area contributed by atoms with Gasteiger partial charge in [0.25, 0.3) is 5.91 Å². The second-order valence-electron chi connectivity index (χ2n) is 5.12. The van der Waals surface area contributed by atoms with Gasteiger partial charge in [0.15, 0.2) is 0 Å². The predicted octanol–water partition coefficient (Wildman–Crippen LogP) is 3.46. The maximum Gasteiger partial charge on any atom is 0.271 e. The van der Waals surface area contributed by atoms with Crippen molar-refractivity contribution < 1.29 is 4.79 Å². The van der Waals surface area contributed by atoms with Gasteiger partial charge in [-0.15, -0.1) is 23.7 Å². The van der Waals surface area contributed by atoms with Crippen LogP contribution in [0.5, 0.6) is 0 Å². The van der Waals surface area contributed by atoms with Gasteiger partial charge < -0.3 is 11.1 Å². The summed E-state index contributed by atoms with van der Waals surface area (Å²) in [5.74, 6) is -0.187. The molecule has 0 fully saturated rings. The number of carbonyl (C=O) groups is 1. The predicted molar refractivity (Wildman–Crippen MR) is 97.3 cm³/mol. The number of nitrogens with one attached hydrogen (secondary N) is 1. The molecule has 0 aliphatic rings. The number of fused-ring (bicyclic) bond motifs is 1. The quantitative estimate of drug-likeness (QED) is 0.759. The number of benzene rings is 2. The van der Waals surface area contributed by atoms with Crippen molar-refractivity contribution in [1.29, 1.82) is 0 Å². The Morgan fingerprint density at radius 3 is 2.65 bits per heavy atom. The highest BCUT2D eigenvalue weighted by Gasteiger charge is 2.16. The van der Waals surface area contributed by atoms with Crippen molar-refractivity contribution in [2.24, 2.45) is 5.73 Å². The van der Waals surface area contributed by atoms with E-state index in [1.807, 2.05) is 31.2 Å². The summed E-state index contributed by atoms with van der Waals surface area (Å²) in [5.41, 5.74) is 7.30. The molecule has 1 unspecified atom stereocenters. The van der Waals surface area contributed by atoms with Gasteiger partial charge in [-0.05, 0) is 29.3 Å². The van der Waals surface area contributed by atoms with Gasteiger partial charge in [0, 0.05) is 11.9 Å². The van der Waals surface area contributed by atoms with Gasteiger partial charge in [0.2, 0.25) is 0 Å². The molecule has 0 spiro atoms. The lowest BCUT2D eigenvalue weighted by Gasteiger charge is -2.17. The van der Waals surface area contributed by atoms with Crippen LogP contribution in [0.3, 0.4) is 0 Å². The van der Waals surface area contributed by atoms with E-state index in [1.165, 1.54) is 16.7 Å². The van der Waals surface area contributed by atoms with Crippen LogP contribution in [-0.2, 0) is 0 Å². The van der Waals surface area contributed by atoms with Gasteiger partial charge in [-0.2, -0.15) is 0 Å². The number of aryl methyl sites for hydroxylation is 1.